The molecule has 0 saturated heterocycles. The van der Waals surface area contributed by atoms with Crippen LogP contribution in [0.3, 0.4) is 0 Å². The molecule has 2 aromatic carbocycles. The Morgan fingerprint density at radius 3 is 2.59 bits per heavy atom. The van der Waals surface area contributed by atoms with Crippen LogP contribution in [0.2, 0.25) is 0 Å². The Bertz CT molecular complexity index is 806. The first-order chi connectivity index (χ1) is 9.81. The molecule has 0 aromatic heterocycles. The summed E-state index contributed by atoms with van der Waals surface area (Å²) in [6.07, 6.45) is -0.789. The van der Waals surface area contributed by atoms with Crippen molar-refractivity contribution in [2.24, 2.45) is 0 Å². The molecule has 0 aliphatic carbocycles. The minimum absolute atomic E-state index is 0. The molecule has 0 bridgehead atoms. The van der Waals surface area contributed by atoms with Gasteiger partial charge >= 0.3 is 35.7 Å². The van der Waals surface area contributed by atoms with E-state index in [0.29, 0.717) is 10.8 Å². The molecule has 0 heterocycles. The van der Waals surface area contributed by atoms with Gasteiger partial charge in [0.2, 0.25) is 0 Å². The fourth-order valence-electron chi connectivity index (χ4n) is 1.84. The number of hydrogen-bond acceptors (Lipinski definition) is 5. The van der Waals surface area contributed by atoms with E-state index in [1.54, 1.807) is 6.92 Å². The summed E-state index contributed by atoms with van der Waals surface area (Å²) in [4.78, 5) is 11.1. The second-order valence-electron chi connectivity index (χ2n) is 4.17. The Hall–Kier alpha value is -1.32. The van der Waals surface area contributed by atoms with E-state index in [4.69, 9.17) is 9.29 Å². The van der Waals surface area contributed by atoms with Crippen molar-refractivity contribution in [3.63, 3.8) is 0 Å². The van der Waals surface area contributed by atoms with Crippen molar-refractivity contribution in [2.75, 3.05) is 11.9 Å². The summed E-state index contributed by atoms with van der Waals surface area (Å²) < 4.78 is 36.4. The zero-order chi connectivity index (χ0) is 15.6. The van der Waals surface area contributed by atoms with Crippen molar-refractivity contribution in [1.82, 2.24) is 0 Å². The second-order valence-corrected chi connectivity index (χ2v) is 5.60. The fraction of sp³-hybridized carbons (Fsp3) is 0.154. The van der Waals surface area contributed by atoms with Gasteiger partial charge in [-0.1, -0.05) is 18.2 Å². The predicted molar refractivity (Wildman–Crippen MR) is 73.9 cm³/mol. The number of carbonyl (C=O) groups is 1. The summed E-state index contributed by atoms with van der Waals surface area (Å²) >= 11 is 0. The van der Waals surface area contributed by atoms with Crippen molar-refractivity contribution in [1.29, 1.82) is 0 Å². The zero-order valence-electron chi connectivity index (χ0n) is 12.0. The molecule has 2 N–H and O–H groups in total. The number of hydrogen-bond donors (Lipinski definition) is 2. The maximum Gasteiger partial charge on any atom is 1.00 e. The SMILES string of the molecule is CCOC(=O)Nc1cc(S(=O)(=O)O)cc2ccc([O-])cc12.[Na+]. The van der Waals surface area contributed by atoms with Crippen molar-refractivity contribution >= 4 is 32.7 Å². The third kappa shape index (κ3) is 4.34. The number of rotatable bonds is 3. The number of amides is 1. The molecule has 1 amide bonds. The first kappa shape index (κ1) is 18.7. The summed E-state index contributed by atoms with van der Waals surface area (Å²) in [5.41, 5.74) is 0.0660. The van der Waals surface area contributed by atoms with Crippen molar-refractivity contribution < 1.29 is 57.2 Å². The minimum atomic E-state index is -4.45. The van der Waals surface area contributed by atoms with Gasteiger partial charge in [-0.2, -0.15) is 8.42 Å². The predicted octanol–water partition coefficient (Wildman–Crippen LogP) is -1.27. The van der Waals surface area contributed by atoms with Gasteiger partial charge in [0.25, 0.3) is 10.1 Å². The van der Waals surface area contributed by atoms with Gasteiger partial charge in [-0.05, 0) is 24.4 Å². The van der Waals surface area contributed by atoms with Gasteiger partial charge in [-0.15, -0.1) is 5.75 Å². The maximum absolute atomic E-state index is 11.5. The molecule has 0 aliphatic rings. The first-order valence-electron chi connectivity index (χ1n) is 5.97. The van der Waals surface area contributed by atoms with Gasteiger partial charge in [-0.3, -0.25) is 9.87 Å². The standard InChI is InChI=1S/C13H13NO6S.Na/c1-2-20-13(16)14-12-7-10(21(17,18)19)5-8-3-4-9(15)6-11(8)12;/h3-7,15H,2H2,1H3,(H,14,16)(H,17,18,19);/q;+1/p-1. The molecule has 2 rings (SSSR count). The van der Waals surface area contributed by atoms with Gasteiger partial charge in [-0.25, -0.2) is 4.79 Å². The summed E-state index contributed by atoms with van der Waals surface area (Å²) in [6.45, 7) is 1.75. The molecule has 0 saturated carbocycles. The summed E-state index contributed by atoms with van der Waals surface area (Å²) in [5, 5.41) is 14.5. The van der Waals surface area contributed by atoms with Gasteiger partial charge in [0.15, 0.2) is 0 Å². The number of nitrogens with one attached hydrogen (secondary N) is 1. The second kappa shape index (κ2) is 7.30. The van der Waals surface area contributed by atoms with Crippen LogP contribution in [0.25, 0.3) is 10.8 Å². The van der Waals surface area contributed by atoms with Crippen LogP contribution in [0.15, 0.2) is 35.2 Å². The summed E-state index contributed by atoms with van der Waals surface area (Å²) in [7, 11) is -4.45. The van der Waals surface area contributed by atoms with Crippen LogP contribution in [-0.2, 0) is 14.9 Å². The Labute approximate surface area is 149 Å². The van der Waals surface area contributed by atoms with Crippen molar-refractivity contribution in [3.05, 3.63) is 30.3 Å². The van der Waals surface area contributed by atoms with Crippen LogP contribution in [0.4, 0.5) is 10.5 Å². The molecule has 0 fully saturated rings. The van der Waals surface area contributed by atoms with Gasteiger partial charge in [0.05, 0.1) is 17.2 Å². The molecule has 22 heavy (non-hydrogen) atoms. The van der Waals surface area contributed by atoms with Crippen molar-refractivity contribution in [3.8, 4) is 5.75 Å². The van der Waals surface area contributed by atoms with Gasteiger partial charge < -0.3 is 9.84 Å². The average molecular weight is 333 g/mol. The Kier molecular flexibility index (Phi) is 6.21. The Balaban J connectivity index is 0.00000242. The number of fused-ring (bicyclic) bond motifs is 1. The number of ether oxygens (including phenoxy) is 1. The third-order valence-electron chi connectivity index (χ3n) is 2.71. The van der Waals surface area contributed by atoms with Crippen LogP contribution in [0, 0.1) is 0 Å². The number of benzene rings is 2. The molecule has 0 spiro atoms. The van der Waals surface area contributed by atoms with Gasteiger partial charge in [0.1, 0.15) is 0 Å². The van der Waals surface area contributed by atoms with Crippen LogP contribution in [0.5, 0.6) is 5.75 Å². The molecular formula is C13H12NNaO6S. The molecular weight excluding hydrogens is 321 g/mol. The van der Waals surface area contributed by atoms with E-state index in [1.807, 2.05) is 0 Å². The number of carbonyl (C=O) groups excluding carboxylic acids is 1. The van der Waals surface area contributed by atoms with E-state index in [-0.39, 0.29) is 52.5 Å². The van der Waals surface area contributed by atoms with Crippen LogP contribution in [-0.4, -0.2) is 25.7 Å². The third-order valence-corrected chi connectivity index (χ3v) is 3.54. The Morgan fingerprint density at radius 1 is 1.32 bits per heavy atom. The molecule has 0 aliphatic heterocycles. The number of anilines is 1. The van der Waals surface area contributed by atoms with Crippen LogP contribution >= 0.6 is 0 Å². The van der Waals surface area contributed by atoms with Crippen LogP contribution < -0.4 is 40.0 Å². The largest absolute Gasteiger partial charge is 1.00 e. The molecule has 0 unspecified atom stereocenters. The van der Waals surface area contributed by atoms with E-state index in [1.165, 1.54) is 24.3 Å². The fourth-order valence-corrected chi connectivity index (χ4v) is 2.38. The monoisotopic (exact) mass is 333 g/mol. The van der Waals surface area contributed by atoms with E-state index >= 15 is 0 Å². The Morgan fingerprint density at radius 2 is 2.00 bits per heavy atom. The smallest absolute Gasteiger partial charge is 0.872 e. The molecule has 7 nitrogen and oxygen atoms in total. The van der Waals surface area contributed by atoms with Crippen LogP contribution in [0.1, 0.15) is 6.92 Å². The van der Waals surface area contributed by atoms with E-state index in [0.717, 1.165) is 6.07 Å². The first-order valence-corrected chi connectivity index (χ1v) is 7.41. The van der Waals surface area contributed by atoms with E-state index in [2.05, 4.69) is 5.32 Å². The van der Waals surface area contributed by atoms with E-state index < -0.39 is 16.2 Å². The molecule has 0 radical (unpaired) electrons. The maximum atomic E-state index is 11.5. The minimum Gasteiger partial charge on any atom is -0.872 e. The quantitative estimate of drug-likeness (QED) is 0.535. The molecule has 9 heteroatoms. The topological polar surface area (TPSA) is 116 Å². The molecule has 2 aromatic rings. The van der Waals surface area contributed by atoms with Gasteiger partial charge in [0, 0.05) is 5.39 Å². The van der Waals surface area contributed by atoms with Crippen molar-refractivity contribution in [2.45, 2.75) is 11.8 Å². The molecule has 112 valence electrons. The normalized spacial score (nSPS) is 10.8. The zero-order valence-corrected chi connectivity index (χ0v) is 14.8. The van der Waals surface area contributed by atoms with E-state index in [9.17, 15) is 18.3 Å². The summed E-state index contributed by atoms with van der Waals surface area (Å²) in [6, 6.07) is 6.19. The average Bonchev–Trinajstić information content (AvgIpc) is 2.38. The molecule has 0 atom stereocenters. The summed E-state index contributed by atoms with van der Waals surface area (Å²) in [5.74, 6) is -0.297.